The van der Waals surface area contributed by atoms with Crippen LogP contribution in [-0.2, 0) is 20.7 Å². The summed E-state index contributed by atoms with van der Waals surface area (Å²) in [5.74, 6) is 0.445. The van der Waals surface area contributed by atoms with Crippen molar-refractivity contribution in [3.8, 4) is 22.4 Å². The molecule has 4 aromatic rings. The number of nitrogens with one attached hydrogen (secondary N) is 2. The molecule has 47 heavy (non-hydrogen) atoms. The van der Waals surface area contributed by atoms with E-state index in [1.807, 2.05) is 48.7 Å². The Morgan fingerprint density at radius 2 is 1.57 bits per heavy atom. The summed E-state index contributed by atoms with van der Waals surface area (Å²) in [5, 5.41) is 5.39. The number of nitrogens with two attached hydrogens (primary N) is 2. The van der Waals surface area contributed by atoms with E-state index in [4.69, 9.17) is 16.2 Å². The summed E-state index contributed by atoms with van der Waals surface area (Å²) in [6.45, 7) is 3.68. The van der Waals surface area contributed by atoms with Gasteiger partial charge in [-0.2, -0.15) is 0 Å². The largest absolute Gasteiger partial charge is 0.378 e. The van der Waals surface area contributed by atoms with Crippen LogP contribution < -0.4 is 26.8 Å². The van der Waals surface area contributed by atoms with Crippen LogP contribution in [-0.4, -0.2) is 65.9 Å². The first-order chi connectivity index (χ1) is 22.4. The lowest BCUT2D eigenvalue weighted by Gasteiger charge is -2.35. The Balaban J connectivity index is 0.00000433. The topological polar surface area (TPSA) is 163 Å². The maximum absolute atomic E-state index is 14.2. The minimum absolute atomic E-state index is 0. The molecule has 0 radical (unpaired) electrons. The molecule has 2 aliphatic rings. The van der Waals surface area contributed by atoms with Gasteiger partial charge in [-0.3, -0.25) is 29.5 Å². The normalized spacial score (nSPS) is 18.6. The summed E-state index contributed by atoms with van der Waals surface area (Å²) in [6, 6.07) is 19.9. The molecule has 2 aromatic carbocycles. The van der Waals surface area contributed by atoms with Crippen LogP contribution >= 0.6 is 12.4 Å². The molecule has 2 aromatic heterocycles. The van der Waals surface area contributed by atoms with E-state index in [0.29, 0.717) is 37.1 Å². The summed E-state index contributed by atoms with van der Waals surface area (Å²) in [4.78, 5) is 47.4. The third-order valence-electron chi connectivity index (χ3n) is 9.26. The van der Waals surface area contributed by atoms with Gasteiger partial charge in [0.1, 0.15) is 11.9 Å². The smallest absolute Gasteiger partial charge is 0.264 e. The number of pyridine rings is 1. The monoisotopic (exact) mass is 659 g/mol. The van der Waals surface area contributed by atoms with Crippen molar-refractivity contribution in [2.45, 2.75) is 38.1 Å². The molecule has 0 spiro atoms. The van der Waals surface area contributed by atoms with Gasteiger partial charge >= 0.3 is 0 Å². The maximum Gasteiger partial charge on any atom is 0.264 e. The second kappa shape index (κ2) is 15.4. The molecule has 2 fully saturated rings. The predicted molar refractivity (Wildman–Crippen MR) is 185 cm³/mol. The molecule has 0 unspecified atom stereocenters. The number of benzene rings is 2. The van der Waals surface area contributed by atoms with E-state index < -0.39 is 11.9 Å². The van der Waals surface area contributed by atoms with Crippen molar-refractivity contribution in [1.82, 2.24) is 15.2 Å². The van der Waals surface area contributed by atoms with Crippen LogP contribution in [0.4, 0.5) is 11.5 Å². The highest BCUT2D eigenvalue weighted by molar-refractivity contribution is 6.01. The number of carbonyl (C=O) groups is 2. The number of aromatic nitrogens is 3. The molecular formula is C35H42ClN7O4. The highest BCUT2D eigenvalue weighted by Gasteiger charge is 2.36. The first kappa shape index (κ1) is 33.9. The quantitative estimate of drug-likeness (QED) is 0.201. The van der Waals surface area contributed by atoms with Gasteiger partial charge in [-0.25, -0.2) is 4.98 Å². The number of hydrogen-bond acceptors (Lipinski definition) is 7. The van der Waals surface area contributed by atoms with E-state index in [9.17, 15) is 14.4 Å². The number of rotatable bonds is 10. The summed E-state index contributed by atoms with van der Waals surface area (Å²) < 4.78 is 5.45. The number of H-pyrrole nitrogens is 2. The number of nitrogens with zero attached hydrogens (tertiary/aromatic N) is 3. The number of morpholine rings is 1. The number of ether oxygens (including phenoxy) is 1. The van der Waals surface area contributed by atoms with Gasteiger partial charge in [-0.05, 0) is 79.1 Å². The molecule has 11 nitrogen and oxygen atoms in total. The number of primary amides is 1. The number of halogens is 1. The van der Waals surface area contributed by atoms with Crippen LogP contribution in [0.25, 0.3) is 22.4 Å². The lowest BCUT2D eigenvalue weighted by molar-refractivity contribution is -0.127. The zero-order valence-electron chi connectivity index (χ0n) is 26.3. The molecule has 6 N–H and O–H groups in total. The Labute approximate surface area is 280 Å². The summed E-state index contributed by atoms with van der Waals surface area (Å²) >= 11 is 0. The van der Waals surface area contributed by atoms with Gasteiger partial charge in [0.25, 0.3) is 5.56 Å². The van der Waals surface area contributed by atoms with Crippen molar-refractivity contribution < 1.29 is 14.3 Å². The van der Waals surface area contributed by atoms with Crippen molar-refractivity contribution in [2.75, 3.05) is 42.6 Å². The SMILES string of the molecule is Cl.NCC1CCC(C(=O)N(c2ccc(-c3cc(=O)[nH][nH]3)cc2)[C@@H](Cc2ccc(-c3ccc(N4CCOCC4)nc3)cc2)C(N)=O)CC1. The van der Waals surface area contributed by atoms with Gasteiger partial charge in [-0.1, -0.05) is 36.4 Å². The van der Waals surface area contributed by atoms with Gasteiger partial charge in [-0.15, -0.1) is 12.4 Å². The zero-order chi connectivity index (χ0) is 32.0. The summed E-state index contributed by atoms with van der Waals surface area (Å²) in [7, 11) is 0. The molecule has 1 saturated heterocycles. The molecule has 3 heterocycles. The third-order valence-corrected chi connectivity index (χ3v) is 9.26. The second-order valence-electron chi connectivity index (χ2n) is 12.2. The Bertz CT molecular complexity index is 1670. The van der Waals surface area contributed by atoms with E-state index in [0.717, 1.165) is 66.8 Å². The van der Waals surface area contributed by atoms with E-state index in [-0.39, 0.29) is 36.2 Å². The summed E-state index contributed by atoms with van der Waals surface area (Å²) in [5.41, 5.74) is 16.6. The zero-order valence-corrected chi connectivity index (χ0v) is 27.1. The molecule has 1 atom stereocenters. The van der Waals surface area contributed by atoms with Crippen LogP contribution in [0.1, 0.15) is 31.2 Å². The fourth-order valence-corrected chi connectivity index (χ4v) is 6.50. The predicted octanol–water partition coefficient (Wildman–Crippen LogP) is 3.89. The van der Waals surface area contributed by atoms with Gasteiger partial charge in [0, 0.05) is 48.9 Å². The molecule has 1 aliphatic heterocycles. The lowest BCUT2D eigenvalue weighted by atomic mass is 9.81. The van der Waals surface area contributed by atoms with Crippen LogP contribution in [0, 0.1) is 11.8 Å². The first-order valence-electron chi connectivity index (χ1n) is 16.0. The molecule has 1 saturated carbocycles. The van der Waals surface area contributed by atoms with Crippen molar-refractivity contribution >= 4 is 35.7 Å². The van der Waals surface area contributed by atoms with E-state index in [2.05, 4.69) is 26.1 Å². The number of anilines is 2. The van der Waals surface area contributed by atoms with Crippen molar-refractivity contribution in [2.24, 2.45) is 23.3 Å². The van der Waals surface area contributed by atoms with Gasteiger partial charge in [0.2, 0.25) is 11.8 Å². The standard InChI is InChI=1S/C35H41N7O4.ClH/c36-21-24-3-7-27(8-4-24)35(45)42(29-12-9-26(10-13-29)30-20-33(43)40-39-30)31(34(37)44)19-23-1-5-25(6-2-23)28-11-14-32(38-22-28)41-15-17-46-18-16-41;/h1-2,5-6,9-14,20,22,24,27,31H,3-4,7-8,15-19,21,36H2,(H2,37,44)(H2,39,40,43);1H/t24?,27?,31-;/m0./s1. The van der Waals surface area contributed by atoms with Crippen LogP contribution in [0.15, 0.2) is 77.7 Å². The molecule has 0 bridgehead atoms. The number of carbonyl (C=O) groups excluding carboxylic acids is 2. The van der Waals surface area contributed by atoms with Gasteiger partial charge < -0.3 is 21.1 Å². The Kier molecular flexibility index (Phi) is 11.1. The molecule has 6 rings (SSSR count). The van der Waals surface area contributed by atoms with E-state index in [1.165, 1.54) is 6.07 Å². The van der Waals surface area contributed by atoms with E-state index in [1.54, 1.807) is 17.0 Å². The Morgan fingerprint density at radius 1 is 0.915 bits per heavy atom. The molecule has 12 heteroatoms. The third kappa shape index (κ3) is 7.93. The second-order valence-corrected chi connectivity index (χ2v) is 12.2. The van der Waals surface area contributed by atoms with E-state index >= 15 is 0 Å². The Hall–Kier alpha value is -4.45. The highest BCUT2D eigenvalue weighted by Crippen LogP contribution is 2.33. The molecule has 2 amide bonds. The molecule has 248 valence electrons. The number of hydrogen-bond donors (Lipinski definition) is 4. The minimum Gasteiger partial charge on any atom is -0.378 e. The molecule has 1 aliphatic carbocycles. The lowest BCUT2D eigenvalue weighted by Crippen LogP contribution is -2.52. The minimum atomic E-state index is -0.891. The number of amides is 2. The average molecular weight is 660 g/mol. The fourth-order valence-electron chi connectivity index (χ4n) is 6.50. The number of aromatic amines is 2. The van der Waals surface area contributed by atoms with Crippen LogP contribution in [0.5, 0.6) is 0 Å². The van der Waals surface area contributed by atoms with Crippen molar-refractivity contribution in [3.63, 3.8) is 0 Å². The van der Waals surface area contributed by atoms with Crippen LogP contribution in [0.2, 0.25) is 0 Å². The van der Waals surface area contributed by atoms with Gasteiger partial charge in [0.15, 0.2) is 0 Å². The maximum atomic E-state index is 14.2. The Morgan fingerprint density at radius 3 is 2.15 bits per heavy atom. The van der Waals surface area contributed by atoms with Gasteiger partial charge in [0.05, 0.1) is 18.9 Å². The average Bonchev–Trinajstić information content (AvgIpc) is 3.55. The highest BCUT2D eigenvalue weighted by atomic mass is 35.5. The van der Waals surface area contributed by atoms with Crippen LogP contribution in [0.3, 0.4) is 0 Å². The first-order valence-corrected chi connectivity index (χ1v) is 16.0. The fraction of sp³-hybridized carbons (Fsp3) is 0.371. The summed E-state index contributed by atoms with van der Waals surface area (Å²) in [6.07, 6.45) is 5.34. The van der Waals surface area contributed by atoms with Crippen molar-refractivity contribution in [1.29, 1.82) is 0 Å². The van der Waals surface area contributed by atoms with Crippen molar-refractivity contribution in [3.05, 3.63) is 88.8 Å². The molecular weight excluding hydrogens is 618 g/mol.